The molecular weight excluding hydrogens is 294 g/mol. The van der Waals surface area contributed by atoms with Crippen molar-refractivity contribution in [2.45, 2.75) is 38.8 Å². The van der Waals surface area contributed by atoms with Crippen LogP contribution in [0.2, 0.25) is 0 Å². The van der Waals surface area contributed by atoms with Crippen molar-refractivity contribution in [2.75, 3.05) is 13.1 Å². The maximum atomic E-state index is 12.7. The lowest BCUT2D eigenvalue weighted by Crippen LogP contribution is -2.62. The van der Waals surface area contributed by atoms with Gasteiger partial charge in [0.2, 0.25) is 0 Å². The van der Waals surface area contributed by atoms with Crippen LogP contribution in [0.4, 0.5) is 0 Å². The molecule has 5 heteroatoms. The maximum absolute atomic E-state index is 12.7. The first kappa shape index (κ1) is 14.2. The Kier molecular flexibility index (Phi) is 3.42. The van der Waals surface area contributed by atoms with Crippen LogP contribution in [0, 0.1) is 12.8 Å². The monoisotopic (exact) mass is 315 g/mol. The molecule has 116 valence electrons. The summed E-state index contributed by atoms with van der Waals surface area (Å²) in [4.78, 5) is 15.2. The number of nitrogens with one attached hydrogen (secondary N) is 1. The third-order valence-corrected chi connectivity index (χ3v) is 6.31. The van der Waals surface area contributed by atoms with Crippen molar-refractivity contribution in [1.29, 1.82) is 0 Å². The van der Waals surface area contributed by atoms with Gasteiger partial charge in [0, 0.05) is 23.0 Å². The number of benzene rings is 1. The third-order valence-electron chi connectivity index (χ3n) is 5.39. The molecule has 0 aliphatic carbocycles. The lowest BCUT2D eigenvalue weighted by Gasteiger charge is -2.49. The highest BCUT2D eigenvalue weighted by molar-refractivity contribution is 7.13. The molecule has 4 nitrogen and oxygen atoms in total. The summed E-state index contributed by atoms with van der Waals surface area (Å²) in [5.74, 6) is 0.690. The largest absolute Gasteiger partial charge is 0.347 e. The normalized spacial score (nSPS) is 30.6. The predicted molar refractivity (Wildman–Crippen MR) is 89.4 cm³/mol. The van der Waals surface area contributed by atoms with E-state index >= 15 is 0 Å². The number of nitrogens with zero attached hydrogens (tertiary/aromatic N) is 2. The summed E-state index contributed by atoms with van der Waals surface area (Å²) in [5, 5.41) is 4.39. The van der Waals surface area contributed by atoms with Gasteiger partial charge in [0.25, 0.3) is 5.91 Å². The first-order valence-electron chi connectivity index (χ1n) is 8.04. The first-order chi connectivity index (χ1) is 10.6. The van der Waals surface area contributed by atoms with E-state index in [0.29, 0.717) is 12.0 Å². The standard InChI is InChI=1S/C17H21N3OS/c1-10-14-9-13(3-4-15(14)22-19-10)17(21)18-16-11(2)20-7-5-12(16)6-8-20/h3-4,9,11-12,16H,5-8H2,1-2H3,(H,18,21)/t11-,16-/m0/s1. The van der Waals surface area contributed by atoms with Crippen molar-refractivity contribution >= 4 is 27.5 Å². The predicted octanol–water partition coefficient (Wildman–Crippen LogP) is 2.82. The molecule has 0 radical (unpaired) electrons. The number of rotatable bonds is 2. The first-order valence-corrected chi connectivity index (χ1v) is 8.82. The highest BCUT2D eigenvalue weighted by atomic mass is 32.1. The fourth-order valence-electron chi connectivity index (χ4n) is 3.98. The number of aryl methyl sites for hydroxylation is 1. The van der Waals surface area contributed by atoms with Gasteiger partial charge in [-0.2, -0.15) is 4.37 Å². The summed E-state index contributed by atoms with van der Waals surface area (Å²) in [6.07, 6.45) is 2.42. The molecule has 3 aliphatic rings. The van der Waals surface area contributed by atoms with Gasteiger partial charge in [-0.25, -0.2) is 0 Å². The van der Waals surface area contributed by atoms with Gasteiger partial charge in [-0.15, -0.1) is 0 Å². The van der Waals surface area contributed by atoms with E-state index in [1.807, 2.05) is 25.1 Å². The molecule has 0 saturated carbocycles. The van der Waals surface area contributed by atoms with Gasteiger partial charge in [0.05, 0.1) is 10.4 Å². The van der Waals surface area contributed by atoms with Crippen LogP contribution in [0.1, 0.15) is 35.8 Å². The van der Waals surface area contributed by atoms with Crippen LogP contribution < -0.4 is 5.32 Å². The number of hydrogen-bond donors (Lipinski definition) is 1. The molecular formula is C17H21N3OS. The zero-order chi connectivity index (χ0) is 15.3. The molecule has 4 heterocycles. The van der Waals surface area contributed by atoms with E-state index in [-0.39, 0.29) is 11.9 Å². The Bertz CT molecular complexity index is 716. The average Bonchev–Trinajstić information content (AvgIpc) is 2.92. The molecule has 2 aromatic rings. The van der Waals surface area contributed by atoms with Gasteiger partial charge in [-0.05, 0) is 75.4 Å². The van der Waals surface area contributed by atoms with Crippen LogP contribution in [0.3, 0.4) is 0 Å². The Labute approximate surface area is 134 Å². The van der Waals surface area contributed by atoms with Crippen molar-refractivity contribution in [3.63, 3.8) is 0 Å². The molecule has 3 fully saturated rings. The van der Waals surface area contributed by atoms with Crippen molar-refractivity contribution in [3.8, 4) is 0 Å². The van der Waals surface area contributed by atoms with Gasteiger partial charge in [0.1, 0.15) is 0 Å². The van der Waals surface area contributed by atoms with Crippen LogP contribution in [0.15, 0.2) is 18.2 Å². The summed E-state index contributed by atoms with van der Waals surface area (Å²) in [6, 6.07) is 6.64. The summed E-state index contributed by atoms with van der Waals surface area (Å²) in [6.45, 7) is 6.61. The van der Waals surface area contributed by atoms with Crippen molar-refractivity contribution in [1.82, 2.24) is 14.6 Å². The summed E-state index contributed by atoms with van der Waals surface area (Å²) < 4.78 is 5.50. The molecule has 0 spiro atoms. The van der Waals surface area contributed by atoms with Crippen LogP contribution >= 0.6 is 11.5 Å². The molecule has 5 rings (SSSR count). The number of aromatic nitrogens is 1. The number of amides is 1. The number of hydrogen-bond acceptors (Lipinski definition) is 4. The molecule has 2 bridgehead atoms. The fraction of sp³-hybridized carbons (Fsp3) is 0.529. The topological polar surface area (TPSA) is 45.2 Å². The molecule has 1 amide bonds. The van der Waals surface area contributed by atoms with Crippen LogP contribution in [-0.4, -0.2) is 40.4 Å². The Hall–Kier alpha value is -1.46. The molecule has 1 N–H and O–H groups in total. The SMILES string of the molecule is Cc1nsc2ccc(C(=O)N[C@@H]3C4CCN(CC4)[C@H]3C)cc12. The maximum Gasteiger partial charge on any atom is 0.251 e. The second kappa shape index (κ2) is 5.32. The van der Waals surface area contributed by atoms with E-state index in [4.69, 9.17) is 0 Å². The average molecular weight is 315 g/mol. The zero-order valence-corrected chi connectivity index (χ0v) is 13.8. The second-order valence-corrected chi connectivity index (χ2v) is 7.40. The highest BCUT2D eigenvalue weighted by Gasteiger charge is 2.40. The number of fused-ring (bicyclic) bond motifs is 4. The summed E-state index contributed by atoms with van der Waals surface area (Å²) in [7, 11) is 0. The van der Waals surface area contributed by atoms with Crippen LogP contribution in [-0.2, 0) is 0 Å². The van der Waals surface area contributed by atoms with Gasteiger partial charge in [-0.3, -0.25) is 9.69 Å². The van der Waals surface area contributed by atoms with Crippen molar-refractivity contribution < 1.29 is 4.79 Å². The Morgan fingerprint density at radius 3 is 2.86 bits per heavy atom. The molecule has 22 heavy (non-hydrogen) atoms. The molecule has 2 atom stereocenters. The summed E-state index contributed by atoms with van der Waals surface area (Å²) in [5.41, 5.74) is 1.75. The molecule has 3 saturated heterocycles. The second-order valence-electron chi connectivity index (χ2n) is 6.59. The number of piperidine rings is 3. The van der Waals surface area contributed by atoms with Gasteiger partial charge in [0.15, 0.2) is 0 Å². The molecule has 1 aromatic heterocycles. The van der Waals surface area contributed by atoms with Gasteiger partial charge in [-0.1, -0.05) is 0 Å². The molecule has 1 aromatic carbocycles. The quantitative estimate of drug-likeness (QED) is 0.927. The van der Waals surface area contributed by atoms with E-state index in [2.05, 4.69) is 21.5 Å². The van der Waals surface area contributed by atoms with E-state index in [9.17, 15) is 4.79 Å². The lowest BCUT2D eigenvalue weighted by molar-refractivity contribution is 0.0217. The van der Waals surface area contributed by atoms with Crippen LogP contribution in [0.5, 0.6) is 0 Å². The summed E-state index contributed by atoms with van der Waals surface area (Å²) >= 11 is 1.49. The minimum Gasteiger partial charge on any atom is -0.347 e. The Morgan fingerprint density at radius 1 is 1.36 bits per heavy atom. The smallest absolute Gasteiger partial charge is 0.251 e. The third kappa shape index (κ3) is 2.23. The van der Waals surface area contributed by atoms with E-state index in [1.54, 1.807) is 0 Å². The number of carbonyl (C=O) groups is 1. The Balaban J connectivity index is 1.57. The molecule has 0 unspecified atom stereocenters. The van der Waals surface area contributed by atoms with Crippen molar-refractivity contribution in [3.05, 3.63) is 29.5 Å². The number of carbonyl (C=O) groups excluding carboxylic acids is 1. The minimum absolute atomic E-state index is 0.0538. The molecule has 3 aliphatic heterocycles. The van der Waals surface area contributed by atoms with Crippen LogP contribution in [0.25, 0.3) is 10.1 Å². The fourth-order valence-corrected chi connectivity index (χ4v) is 4.75. The van der Waals surface area contributed by atoms with E-state index < -0.39 is 0 Å². The van der Waals surface area contributed by atoms with Gasteiger partial charge < -0.3 is 5.32 Å². The zero-order valence-electron chi connectivity index (χ0n) is 13.0. The minimum atomic E-state index is 0.0538. The van der Waals surface area contributed by atoms with Gasteiger partial charge >= 0.3 is 0 Å². The van der Waals surface area contributed by atoms with E-state index in [1.165, 1.54) is 37.5 Å². The lowest BCUT2D eigenvalue weighted by atomic mass is 9.79. The van der Waals surface area contributed by atoms with Crippen molar-refractivity contribution in [2.24, 2.45) is 5.92 Å². The Morgan fingerprint density at radius 2 is 2.14 bits per heavy atom. The highest BCUT2D eigenvalue weighted by Crippen LogP contribution is 2.32. The van der Waals surface area contributed by atoms with E-state index in [0.717, 1.165) is 21.3 Å².